The predicted octanol–water partition coefficient (Wildman–Crippen LogP) is 1.49. The van der Waals surface area contributed by atoms with Gasteiger partial charge in [-0.15, -0.1) is 0 Å². The Morgan fingerprint density at radius 3 is 2.82 bits per heavy atom. The van der Waals surface area contributed by atoms with Crippen LogP contribution >= 0.6 is 11.6 Å². The summed E-state index contributed by atoms with van der Waals surface area (Å²) in [7, 11) is 1.79. The molecule has 2 atom stereocenters. The molecule has 0 saturated carbocycles. The van der Waals surface area contributed by atoms with Gasteiger partial charge in [-0.3, -0.25) is 9.48 Å². The van der Waals surface area contributed by atoms with Gasteiger partial charge in [-0.2, -0.15) is 5.10 Å². The maximum atomic E-state index is 12.2. The summed E-state index contributed by atoms with van der Waals surface area (Å²) in [6, 6.07) is 0.276. The zero-order valence-corrected chi connectivity index (χ0v) is 11.2. The van der Waals surface area contributed by atoms with Crippen LogP contribution < -0.4 is 5.32 Å². The van der Waals surface area contributed by atoms with Crippen molar-refractivity contribution in [2.45, 2.75) is 32.7 Å². The van der Waals surface area contributed by atoms with Crippen LogP contribution in [-0.4, -0.2) is 28.2 Å². The maximum Gasteiger partial charge on any atom is 0.142 e. The summed E-state index contributed by atoms with van der Waals surface area (Å²) < 4.78 is 1.62. The Hall–Kier alpha value is -0.870. The van der Waals surface area contributed by atoms with Crippen LogP contribution in [0.3, 0.4) is 0 Å². The highest BCUT2D eigenvalue weighted by atomic mass is 35.5. The molecular formula is C12H18ClN3O. The van der Waals surface area contributed by atoms with Gasteiger partial charge in [0, 0.05) is 31.0 Å². The van der Waals surface area contributed by atoms with Gasteiger partial charge in [0.05, 0.1) is 5.69 Å². The van der Waals surface area contributed by atoms with Gasteiger partial charge < -0.3 is 5.32 Å². The highest BCUT2D eigenvalue weighted by Crippen LogP contribution is 2.23. The lowest BCUT2D eigenvalue weighted by atomic mass is 9.92. The topological polar surface area (TPSA) is 46.9 Å². The van der Waals surface area contributed by atoms with Crippen molar-refractivity contribution in [2.24, 2.45) is 13.0 Å². The molecule has 0 bridgehead atoms. The number of rotatable bonds is 3. The average Bonchev–Trinajstić information content (AvgIpc) is 2.78. The number of nitrogens with one attached hydrogen (secondary N) is 1. The lowest BCUT2D eigenvalue weighted by Gasteiger charge is -2.13. The molecule has 1 N–H and O–H groups in total. The largest absolute Gasteiger partial charge is 0.314 e. The first-order valence-electron chi connectivity index (χ1n) is 5.94. The summed E-state index contributed by atoms with van der Waals surface area (Å²) in [6.07, 6.45) is 1.33. The lowest BCUT2D eigenvalue weighted by molar-refractivity contribution is -0.122. The van der Waals surface area contributed by atoms with Crippen molar-refractivity contribution in [3.8, 4) is 0 Å². The number of carbonyl (C=O) groups is 1. The highest BCUT2D eigenvalue weighted by Gasteiger charge is 2.30. The second kappa shape index (κ2) is 4.78. The van der Waals surface area contributed by atoms with Crippen molar-refractivity contribution in [2.75, 3.05) is 6.54 Å². The molecule has 1 aliphatic heterocycles. The molecule has 2 rings (SSSR count). The lowest BCUT2D eigenvalue weighted by Crippen LogP contribution is -2.29. The molecule has 0 amide bonds. The second-order valence-corrected chi connectivity index (χ2v) is 5.12. The van der Waals surface area contributed by atoms with E-state index in [0.717, 1.165) is 24.2 Å². The molecule has 1 aromatic rings. The Morgan fingerprint density at radius 2 is 2.35 bits per heavy atom. The van der Waals surface area contributed by atoms with E-state index in [9.17, 15) is 4.79 Å². The SMILES string of the molecule is Cc1nn(C)c(Cl)c1CC(=O)C1CCNC1C. The second-order valence-electron chi connectivity index (χ2n) is 4.76. The fourth-order valence-corrected chi connectivity index (χ4v) is 2.72. The number of ketones is 1. The smallest absolute Gasteiger partial charge is 0.142 e. The number of halogens is 1. The van der Waals surface area contributed by atoms with Crippen molar-refractivity contribution in [1.29, 1.82) is 0 Å². The molecule has 1 aliphatic rings. The Morgan fingerprint density at radius 1 is 1.65 bits per heavy atom. The summed E-state index contributed by atoms with van der Waals surface area (Å²) in [5, 5.41) is 8.10. The Labute approximate surface area is 106 Å². The van der Waals surface area contributed by atoms with E-state index in [0.29, 0.717) is 11.6 Å². The van der Waals surface area contributed by atoms with Gasteiger partial charge in [-0.25, -0.2) is 0 Å². The summed E-state index contributed by atoms with van der Waals surface area (Å²) in [6.45, 7) is 4.88. The van der Waals surface area contributed by atoms with Crippen molar-refractivity contribution in [3.05, 3.63) is 16.4 Å². The van der Waals surface area contributed by atoms with Gasteiger partial charge in [0.1, 0.15) is 10.9 Å². The monoisotopic (exact) mass is 255 g/mol. The van der Waals surface area contributed by atoms with Crippen molar-refractivity contribution in [1.82, 2.24) is 15.1 Å². The van der Waals surface area contributed by atoms with Crippen molar-refractivity contribution >= 4 is 17.4 Å². The molecule has 1 saturated heterocycles. The minimum Gasteiger partial charge on any atom is -0.314 e. The number of nitrogens with zero attached hydrogens (tertiary/aromatic N) is 2. The molecule has 17 heavy (non-hydrogen) atoms. The van der Waals surface area contributed by atoms with Crippen LogP contribution in [0.4, 0.5) is 0 Å². The van der Waals surface area contributed by atoms with Gasteiger partial charge in [-0.1, -0.05) is 11.6 Å². The minimum absolute atomic E-state index is 0.116. The summed E-state index contributed by atoms with van der Waals surface area (Å²) >= 11 is 6.13. The van der Waals surface area contributed by atoms with E-state index in [-0.39, 0.29) is 17.7 Å². The molecule has 2 heterocycles. The Bertz CT molecular complexity index is 441. The van der Waals surface area contributed by atoms with Crippen LogP contribution in [-0.2, 0) is 18.3 Å². The molecule has 0 radical (unpaired) electrons. The Kier molecular flexibility index (Phi) is 3.54. The van der Waals surface area contributed by atoms with Crippen LogP contribution in [0.5, 0.6) is 0 Å². The first kappa shape index (κ1) is 12.6. The van der Waals surface area contributed by atoms with Gasteiger partial charge in [0.2, 0.25) is 0 Å². The number of hydrogen-bond donors (Lipinski definition) is 1. The third-order valence-electron chi connectivity index (χ3n) is 3.56. The van der Waals surface area contributed by atoms with Crippen LogP contribution in [0.15, 0.2) is 0 Å². The predicted molar refractivity (Wildman–Crippen MR) is 67.2 cm³/mol. The minimum atomic E-state index is 0.116. The fraction of sp³-hybridized carbons (Fsp3) is 0.667. The van der Waals surface area contributed by atoms with E-state index < -0.39 is 0 Å². The number of aryl methyl sites for hydroxylation is 2. The number of hydrogen-bond acceptors (Lipinski definition) is 3. The molecule has 5 heteroatoms. The zero-order chi connectivity index (χ0) is 12.6. The molecular weight excluding hydrogens is 238 g/mol. The van der Waals surface area contributed by atoms with Crippen molar-refractivity contribution < 1.29 is 4.79 Å². The quantitative estimate of drug-likeness (QED) is 0.890. The first-order valence-corrected chi connectivity index (χ1v) is 6.32. The maximum absolute atomic E-state index is 12.2. The summed E-state index contributed by atoms with van der Waals surface area (Å²) in [5.74, 6) is 0.381. The first-order chi connectivity index (χ1) is 8.00. The standard InChI is InChI=1S/C12H18ClN3O/c1-7-9(4-5-14-7)11(17)6-10-8(2)15-16(3)12(10)13/h7,9,14H,4-6H2,1-3H3. The van der Waals surface area contributed by atoms with Gasteiger partial charge in [0.15, 0.2) is 0 Å². The van der Waals surface area contributed by atoms with E-state index in [1.54, 1.807) is 11.7 Å². The zero-order valence-electron chi connectivity index (χ0n) is 10.5. The number of Topliss-reactive ketones (excluding diaryl/α,β-unsaturated/α-hetero) is 1. The van der Waals surface area contributed by atoms with Crippen LogP contribution in [0.2, 0.25) is 5.15 Å². The van der Waals surface area contributed by atoms with Gasteiger partial charge in [-0.05, 0) is 26.8 Å². The van der Waals surface area contributed by atoms with E-state index in [1.807, 2.05) is 6.92 Å². The number of carbonyl (C=O) groups excluding carboxylic acids is 1. The number of aromatic nitrogens is 2. The van der Waals surface area contributed by atoms with E-state index in [4.69, 9.17) is 11.6 Å². The van der Waals surface area contributed by atoms with Crippen LogP contribution in [0.1, 0.15) is 24.6 Å². The molecule has 2 unspecified atom stereocenters. The third-order valence-corrected chi connectivity index (χ3v) is 4.03. The van der Waals surface area contributed by atoms with Gasteiger partial charge >= 0.3 is 0 Å². The van der Waals surface area contributed by atoms with E-state index in [1.165, 1.54) is 0 Å². The average molecular weight is 256 g/mol. The molecule has 0 spiro atoms. The summed E-state index contributed by atoms with van der Waals surface area (Å²) in [4.78, 5) is 12.2. The van der Waals surface area contributed by atoms with Crippen molar-refractivity contribution in [3.63, 3.8) is 0 Å². The molecule has 0 aliphatic carbocycles. The van der Waals surface area contributed by atoms with Crippen LogP contribution in [0, 0.1) is 12.8 Å². The molecule has 4 nitrogen and oxygen atoms in total. The van der Waals surface area contributed by atoms with Crippen LogP contribution in [0.25, 0.3) is 0 Å². The summed E-state index contributed by atoms with van der Waals surface area (Å²) in [5.41, 5.74) is 1.72. The molecule has 1 aromatic heterocycles. The highest BCUT2D eigenvalue weighted by molar-refractivity contribution is 6.30. The normalized spacial score (nSPS) is 24.2. The fourth-order valence-electron chi connectivity index (χ4n) is 2.48. The molecule has 1 fully saturated rings. The Balaban J connectivity index is 2.13. The van der Waals surface area contributed by atoms with Gasteiger partial charge in [0.25, 0.3) is 0 Å². The van der Waals surface area contributed by atoms with E-state index in [2.05, 4.69) is 17.3 Å². The molecule has 94 valence electrons. The third kappa shape index (κ3) is 2.38. The van der Waals surface area contributed by atoms with E-state index >= 15 is 0 Å². The molecule has 0 aromatic carbocycles.